The first-order valence-corrected chi connectivity index (χ1v) is 6.81. The Kier molecular flexibility index (Phi) is 4.73. The number of rotatable bonds is 4. The number of carbonyl (C=O) groups excluding carboxylic acids is 2. The van der Waals surface area contributed by atoms with Crippen LogP contribution in [0.3, 0.4) is 0 Å². The molecule has 1 aromatic heterocycles. The third-order valence-corrected chi connectivity index (χ3v) is 3.11. The van der Waals surface area contributed by atoms with Gasteiger partial charge in [0.15, 0.2) is 0 Å². The molecule has 0 spiro atoms. The van der Waals surface area contributed by atoms with Crippen molar-refractivity contribution in [2.24, 2.45) is 0 Å². The molecule has 1 aromatic rings. The van der Waals surface area contributed by atoms with E-state index in [4.69, 9.17) is 4.74 Å². The topological polar surface area (TPSA) is 85.2 Å². The second kappa shape index (κ2) is 6.51. The molecule has 0 saturated carbocycles. The molecule has 2 amide bonds. The summed E-state index contributed by atoms with van der Waals surface area (Å²) in [5.41, 5.74) is 0.510. The summed E-state index contributed by atoms with van der Waals surface area (Å²) in [7, 11) is 0. The predicted molar refractivity (Wildman–Crippen MR) is 73.2 cm³/mol. The second-order valence-corrected chi connectivity index (χ2v) is 5.10. The summed E-state index contributed by atoms with van der Waals surface area (Å²) < 4.78 is 7.08. The van der Waals surface area contributed by atoms with Gasteiger partial charge < -0.3 is 15.4 Å². The average Bonchev–Trinajstić information content (AvgIpc) is 3.06. The summed E-state index contributed by atoms with van der Waals surface area (Å²) in [6, 6.07) is 0.203. The summed E-state index contributed by atoms with van der Waals surface area (Å²) in [6.07, 6.45) is 5.15. The van der Waals surface area contributed by atoms with Crippen molar-refractivity contribution in [1.29, 1.82) is 0 Å². The van der Waals surface area contributed by atoms with Gasteiger partial charge in [-0.05, 0) is 26.7 Å². The van der Waals surface area contributed by atoms with Gasteiger partial charge in [0.2, 0.25) is 0 Å². The molecule has 7 heteroatoms. The van der Waals surface area contributed by atoms with Crippen LogP contribution in [-0.2, 0) is 14.3 Å². The highest BCUT2D eigenvalue weighted by molar-refractivity contribution is 6.39. The van der Waals surface area contributed by atoms with Crippen LogP contribution in [0.25, 0.3) is 0 Å². The monoisotopic (exact) mass is 280 g/mol. The molecular formula is C13H20N4O3. The number of nitrogens with one attached hydrogen (secondary N) is 2. The van der Waals surface area contributed by atoms with Crippen LogP contribution in [0.5, 0.6) is 0 Å². The summed E-state index contributed by atoms with van der Waals surface area (Å²) in [4.78, 5) is 23.3. The molecule has 1 saturated heterocycles. The van der Waals surface area contributed by atoms with Gasteiger partial charge in [-0.25, -0.2) is 0 Å². The molecule has 110 valence electrons. The Hall–Kier alpha value is -1.89. The first-order valence-electron chi connectivity index (χ1n) is 6.81. The zero-order valence-corrected chi connectivity index (χ0v) is 11.8. The number of ether oxygens (including phenoxy) is 1. The second-order valence-electron chi connectivity index (χ2n) is 5.10. The standard InChI is InChI=1S/C13H20N4O3/c1-9(2)17-8-10(6-15-17)16-13(19)12(18)14-7-11-4-3-5-20-11/h6,8-9,11H,3-5,7H2,1-2H3,(H,14,18)(H,16,19). The molecule has 2 heterocycles. The Morgan fingerprint density at radius 2 is 2.30 bits per heavy atom. The maximum absolute atomic E-state index is 11.7. The lowest BCUT2D eigenvalue weighted by Gasteiger charge is -2.10. The third kappa shape index (κ3) is 3.80. The number of aromatic nitrogens is 2. The molecule has 1 aliphatic rings. The predicted octanol–water partition coefficient (Wildman–Crippen LogP) is 0.698. The van der Waals surface area contributed by atoms with E-state index < -0.39 is 11.8 Å². The molecule has 0 aliphatic carbocycles. The lowest BCUT2D eigenvalue weighted by molar-refractivity contribution is -0.136. The van der Waals surface area contributed by atoms with Crippen LogP contribution in [0.15, 0.2) is 12.4 Å². The van der Waals surface area contributed by atoms with Gasteiger partial charge in [0.1, 0.15) is 0 Å². The zero-order chi connectivity index (χ0) is 14.5. The maximum atomic E-state index is 11.7. The van der Waals surface area contributed by atoms with Gasteiger partial charge in [0.05, 0.1) is 18.0 Å². The molecule has 1 unspecified atom stereocenters. The molecular weight excluding hydrogens is 260 g/mol. The zero-order valence-electron chi connectivity index (χ0n) is 11.8. The van der Waals surface area contributed by atoms with Crippen molar-refractivity contribution in [1.82, 2.24) is 15.1 Å². The van der Waals surface area contributed by atoms with E-state index in [9.17, 15) is 9.59 Å². The van der Waals surface area contributed by atoms with Crippen LogP contribution in [0.2, 0.25) is 0 Å². The number of anilines is 1. The van der Waals surface area contributed by atoms with E-state index in [0.29, 0.717) is 12.2 Å². The molecule has 20 heavy (non-hydrogen) atoms. The number of amides is 2. The Morgan fingerprint density at radius 1 is 1.50 bits per heavy atom. The molecule has 2 N–H and O–H groups in total. The van der Waals surface area contributed by atoms with Crippen molar-refractivity contribution in [3.63, 3.8) is 0 Å². The minimum absolute atomic E-state index is 0.0236. The molecule has 1 atom stereocenters. The van der Waals surface area contributed by atoms with E-state index in [0.717, 1.165) is 19.4 Å². The normalized spacial score (nSPS) is 18.2. The SMILES string of the molecule is CC(C)n1cc(NC(=O)C(=O)NCC2CCCO2)cn1. The Balaban J connectivity index is 1.79. The molecule has 7 nitrogen and oxygen atoms in total. The summed E-state index contributed by atoms with van der Waals surface area (Å²) in [6.45, 7) is 5.05. The van der Waals surface area contributed by atoms with Crippen molar-refractivity contribution < 1.29 is 14.3 Å². The van der Waals surface area contributed by atoms with Crippen LogP contribution in [0.4, 0.5) is 5.69 Å². The van der Waals surface area contributed by atoms with Crippen LogP contribution in [0.1, 0.15) is 32.7 Å². The van der Waals surface area contributed by atoms with Crippen molar-refractivity contribution in [3.8, 4) is 0 Å². The summed E-state index contributed by atoms with van der Waals surface area (Å²) in [5, 5.41) is 9.18. The fourth-order valence-electron chi connectivity index (χ4n) is 1.96. The number of carbonyl (C=O) groups is 2. The van der Waals surface area contributed by atoms with Gasteiger partial charge in [-0.15, -0.1) is 0 Å². The lowest BCUT2D eigenvalue weighted by Crippen LogP contribution is -2.39. The van der Waals surface area contributed by atoms with E-state index >= 15 is 0 Å². The van der Waals surface area contributed by atoms with E-state index in [1.54, 1.807) is 10.9 Å². The Morgan fingerprint density at radius 3 is 2.90 bits per heavy atom. The molecule has 0 radical (unpaired) electrons. The Bertz CT molecular complexity index is 478. The molecule has 0 aromatic carbocycles. The van der Waals surface area contributed by atoms with Gasteiger partial charge >= 0.3 is 11.8 Å². The van der Waals surface area contributed by atoms with Crippen LogP contribution >= 0.6 is 0 Å². The van der Waals surface area contributed by atoms with Gasteiger partial charge in [0, 0.05) is 25.4 Å². The first-order chi connectivity index (χ1) is 9.56. The number of hydrogen-bond donors (Lipinski definition) is 2. The quantitative estimate of drug-likeness (QED) is 0.795. The van der Waals surface area contributed by atoms with Gasteiger partial charge in [-0.2, -0.15) is 5.10 Å². The van der Waals surface area contributed by atoms with Gasteiger partial charge in [-0.1, -0.05) is 0 Å². The molecule has 1 aliphatic heterocycles. The highest BCUT2D eigenvalue weighted by atomic mass is 16.5. The van der Waals surface area contributed by atoms with E-state index in [2.05, 4.69) is 15.7 Å². The van der Waals surface area contributed by atoms with Crippen molar-refractivity contribution in [2.45, 2.75) is 38.8 Å². The van der Waals surface area contributed by atoms with Crippen LogP contribution < -0.4 is 10.6 Å². The van der Waals surface area contributed by atoms with E-state index in [-0.39, 0.29) is 12.1 Å². The molecule has 2 rings (SSSR count). The highest BCUT2D eigenvalue weighted by Gasteiger charge is 2.19. The molecule has 1 fully saturated rings. The van der Waals surface area contributed by atoms with Crippen molar-refractivity contribution >= 4 is 17.5 Å². The fourth-order valence-corrected chi connectivity index (χ4v) is 1.96. The van der Waals surface area contributed by atoms with Crippen LogP contribution in [0, 0.1) is 0 Å². The number of nitrogens with zero attached hydrogens (tertiary/aromatic N) is 2. The lowest BCUT2D eigenvalue weighted by atomic mass is 10.2. The highest BCUT2D eigenvalue weighted by Crippen LogP contribution is 2.11. The third-order valence-electron chi connectivity index (χ3n) is 3.11. The summed E-state index contributed by atoms with van der Waals surface area (Å²) >= 11 is 0. The summed E-state index contributed by atoms with van der Waals surface area (Å²) in [5.74, 6) is -1.34. The van der Waals surface area contributed by atoms with Crippen LogP contribution in [-0.4, -0.2) is 40.9 Å². The van der Waals surface area contributed by atoms with Gasteiger partial charge in [-0.3, -0.25) is 14.3 Å². The largest absolute Gasteiger partial charge is 0.376 e. The minimum atomic E-state index is -0.689. The van der Waals surface area contributed by atoms with Crippen molar-refractivity contribution in [2.75, 3.05) is 18.5 Å². The smallest absolute Gasteiger partial charge is 0.313 e. The van der Waals surface area contributed by atoms with E-state index in [1.807, 2.05) is 13.8 Å². The van der Waals surface area contributed by atoms with E-state index in [1.165, 1.54) is 6.20 Å². The fraction of sp³-hybridized carbons (Fsp3) is 0.615. The average molecular weight is 280 g/mol. The molecule has 0 bridgehead atoms. The maximum Gasteiger partial charge on any atom is 0.313 e. The minimum Gasteiger partial charge on any atom is -0.376 e. The van der Waals surface area contributed by atoms with Crippen molar-refractivity contribution in [3.05, 3.63) is 12.4 Å². The number of hydrogen-bond acceptors (Lipinski definition) is 4. The Labute approximate surface area is 117 Å². The van der Waals surface area contributed by atoms with Gasteiger partial charge in [0.25, 0.3) is 0 Å². The first kappa shape index (κ1) is 14.5.